The van der Waals surface area contributed by atoms with E-state index in [1.807, 2.05) is 0 Å². The first kappa shape index (κ1) is 27.1. The second-order valence-electron chi connectivity index (χ2n) is 9.28. The maximum atomic E-state index is 4.80. The smallest absolute Gasteiger partial charge is 0.128 e. The van der Waals surface area contributed by atoms with Gasteiger partial charge in [-0.05, 0) is 31.7 Å². The Hall–Kier alpha value is -0.920. The van der Waals surface area contributed by atoms with Crippen LogP contribution in [0.1, 0.15) is 154 Å². The van der Waals surface area contributed by atoms with Gasteiger partial charge in [-0.3, -0.25) is 0 Å². The van der Waals surface area contributed by atoms with Crippen molar-refractivity contribution in [2.24, 2.45) is 0 Å². The first-order chi connectivity index (χ1) is 14.8. The third-order valence-corrected chi connectivity index (χ3v) is 6.27. The van der Waals surface area contributed by atoms with Crippen LogP contribution in [-0.4, -0.2) is 9.97 Å². The van der Waals surface area contributed by atoms with Crippen LogP contribution in [0, 0.1) is 0 Å². The SMILES string of the molecule is CCCCCCCCCCCc1cc(CCCCCCCCCCC)nc(CC)n1. The van der Waals surface area contributed by atoms with Crippen LogP contribution >= 0.6 is 0 Å². The Kier molecular flexibility index (Phi) is 18.1. The van der Waals surface area contributed by atoms with Crippen LogP contribution in [0.25, 0.3) is 0 Å². The maximum absolute atomic E-state index is 4.80. The predicted molar refractivity (Wildman–Crippen MR) is 133 cm³/mol. The molecule has 0 unspecified atom stereocenters. The molecule has 1 aromatic rings. The molecule has 0 fully saturated rings. The largest absolute Gasteiger partial charge is 0.238 e. The van der Waals surface area contributed by atoms with Gasteiger partial charge in [0, 0.05) is 17.8 Å². The quantitative estimate of drug-likeness (QED) is 0.187. The summed E-state index contributed by atoms with van der Waals surface area (Å²) in [6, 6.07) is 2.30. The second kappa shape index (κ2) is 20.0. The van der Waals surface area contributed by atoms with Gasteiger partial charge in [0.1, 0.15) is 5.82 Å². The molecule has 0 aliphatic heterocycles. The molecule has 0 saturated carbocycles. The summed E-state index contributed by atoms with van der Waals surface area (Å²) in [6.07, 6.45) is 28.2. The monoisotopic (exact) mass is 416 g/mol. The van der Waals surface area contributed by atoms with Crippen molar-refractivity contribution in [1.29, 1.82) is 0 Å². The van der Waals surface area contributed by atoms with E-state index in [9.17, 15) is 0 Å². The number of rotatable bonds is 21. The number of hydrogen-bond donors (Lipinski definition) is 0. The highest BCUT2D eigenvalue weighted by Gasteiger charge is 2.04. The van der Waals surface area contributed by atoms with E-state index in [-0.39, 0.29) is 0 Å². The molecule has 1 aromatic heterocycles. The summed E-state index contributed by atoms with van der Waals surface area (Å²) in [5.74, 6) is 1.05. The maximum Gasteiger partial charge on any atom is 0.128 e. The Morgan fingerprint density at radius 2 is 0.800 bits per heavy atom. The molecule has 0 spiro atoms. The van der Waals surface area contributed by atoms with Gasteiger partial charge in [0.25, 0.3) is 0 Å². The van der Waals surface area contributed by atoms with Gasteiger partial charge in [-0.1, -0.05) is 124 Å². The molecule has 2 nitrogen and oxygen atoms in total. The second-order valence-corrected chi connectivity index (χ2v) is 9.28. The Morgan fingerprint density at radius 1 is 0.467 bits per heavy atom. The first-order valence-electron chi connectivity index (χ1n) is 13.7. The van der Waals surface area contributed by atoms with E-state index in [2.05, 4.69) is 26.8 Å². The van der Waals surface area contributed by atoms with Gasteiger partial charge in [0.15, 0.2) is 0 Å². The minimum absolute atomic E-state index is 0.955. The van der Waals surface area contributed by atoms with Crippen molar-refractivity contribution in [2.45, 2.75) is 156 Å². The molecule has 1 rings (SSSR count). The van der Waals surface area contributed by atoms with Gasteiger partial charge in [0.05, 0.1) is 0 Å². The predicted octanol–water partition coefficient (Wildman–Crippen LogP) is 9.19. The van der Waals surface area contributed by atoms with Crippen molar-refractivity contribution in [3.8, 4) is 0 Å². The Morgan fingerprint density at radius 3 is 1.13 bits per heavy atom. The van der Waals surface area contributed by atoms with E-state index < -0.39 is 0 Å². The molecule has 0 aliphatic rings. The van der Waals surface area contributed by atoms with Crippen LogP contribution in [0.2, 0.25) is 0 Å². The van der Waals surface area contributed by atoms with Crippen molar-refractivity contribution in [3.63, 3.8) is 0 Å². The molecule has 0 atom stereocenters. The number of aromatic nitrogens is 2. The molecular weight excluding hydrogens is 364 g/mol. The molecule has 2 heteroatoms. The fourth-order valence-electron chi connectivity index (χ4n) is 4.26. The highest BCUT2D eigenvalue weighted by atomic mass is 14.9. The highest BCUT2D eigenvalue weighted by molar-refractivity contribution is 5.12. The van der Waals surface area contributed by atoms with Crippen LogP contribution < -0.4 is 0 Å². The number of aryl methyl sites for hydroxylation is 3. The van der Waals surface area contributed by atoms with E-state index in [0.717, 1.165) is 25.1 Å². The van der Waals surface area contributed by atoms with Crippen molar-refractivity contribution in [3.05, 3.63) is 23.3 Å². The zero-order valence-corrected chi connectivity index (χ0v) is 20.8. The Balaban J connectivity index is 2.17. The van der Waals surface area contributed by atoms with Crippen LogP contribution in [0.5, 0.6) is 0 Å². The van der Waals surface area contributed by atoms with Crippen molar-refractivity contribution in [2.75, 3.05) is 0 Å². The third-order valence-electron chi connectivity index (χ3n) is 6.27. The van der Waals surface area contributed by atoms with Crippen molar-refractivity contribution >= 4 is 0 Å². The van der Waals surface area contributed by atoms with Crippen LogP contribution in [0.4, 0.5) is 0 Å². The average molecular weight is 417 g/mol. The fourth-order valence-corrected chi connectivity index (χ4v) is 4.26. The number of nitrogens with zero attached hydrogens (tertiary/aromatic N) is 2. The lowest BCUT2D eigenvalue weighted by molar-refractivity contribution is 0.560. The summed E-state index contributed by atoms with van der Waals surface area (Å²) >= 11 is 0. The molecule has 0 saturated heterocycles. The summed E-state index contributed by atoms with van der Waals surface area (Å²) < 4.78 is 0. The molecule has 30 heavy (non-hydrogen) atoms. The summed E-state index contributed by atoms with van der Waals surface area (Å²) in [6.45, 7) is 6.76. The zero-order chi connectivity index (χ0) is 21.7. The van der Waals surface area contributed by atoms with E-state index in [1.165, 1.54) is 127 Å². The summed E-state index contributed by atoms with van der Waals surface area (Å²) in [4.78, 5) is 9.60. The minimum Gasteiger partial charge on any atom is -0.238 e. The van der Waals surface area contributed by atoms with E-state index in [0.29, 0.717) is 0 Å². The van der Waals surface area contributed by atoms with Crippen molar-refractivity contribution in [1.82, 2.24) is 9.97 Å². The normalized spacial score (nSPS) is 11.3. The molecular formula is C28H52N2. The first-order valence-corrected chi connectivity index (χ1v) is 13.7. The van der Waals surface area contributed by atoms with E-state index in [1.54, 1.807) is 0 Å². The molecule has 0 amide bonds. The Bertz CT molecular complexity index is 457. The Labute approximate surface area is 189 Å². The molecule has 0 radical (unpaired) electrons. The topological polar surface area (TPSA) is 25.8 Å². The van der Waals surface area contributed by atoms with Gasteiger partial charge < -0.3 is 0 Å². The van der Waals surface area contributed by atoms with Crippen LogP contribution in [0.15, 0.2) is 6.07 Å². The van der Waals surface area contributed by atoms with E-state index in [4.69, 9.17) is 9.97 Å². The molecule has 0 N–H and O–H groups in total. The minimum atomic E-state index is 0.955. The summed E-state index contributed by atoms with van der Waals surface area (Å²) in [5, 5.41) is 0. The molecule has 1 heterocycles. The van der Waals surface area contributed by atoms with Crippen LogP contribution in [-0.2, 0) is 19.3 Å². The van der Waals surface area contributed by atoms with Crippen molar-refractivity contribution < 1.29 is 0 Å². The van der Waals surface area contributed by atoms with Gasteiger partial charge in [-0.2, -0.15) is 0 Å². The summed E-state index contributed by atoms with van der Waals surface area (Å²) in [5.41, 5.74) is 2.58. The molecule has 0 aromatic carbocycles. The van der Waals surface area contributed by atoms with Gasteiger partial charge in [0.2, 0.25) is 0 Å². The molecule has 0 aliphatic carbocycles. The van der Waals surface area contributed by atoms with Gasteiger partial charge >= 0.3 is 0 Å². The number of hydrogen-bond acceptors (Lipinski definition) is 2. The zero-order valence-electron chi connectivity index (χ0n) is 20.8. The van der Waals surface area contributed by atoms with E-state index >= 15 is 0 Å². The molecule has 0 bridgehead atoms. The average Bonchev–Trinajstić information content (AvgIpc) is 2.76. The molecule has 174 valence electrons. The fraction of sp³-hybridized carbons (Fsp3) is 0.857. The highest BCUT2D eigenvalue weighted by Crippen LogP contribution is 2.14. The third kappa shape index (κ3) is 15.0. The van der Waals surface area contributed by atoms with Gasteiger partial charge in [-0.15, -0.1) is 0 Å². The number of unbranched alkanes of at least 4 members (excludes halogenated alkanes) is 16. The lowest BCUT2D eigenvalue weighted by Crippen LogP contribution is -2.03. The van der Waals surface area contributed by atoms with Crippen LogP contribution in [0.3, 0.4) is 0 Å². The standard InChI is InChI=1S/C28H52N2/c1-4-7-9-11-13-15-17-19-21-23-26-25-27(30-28(6-3)29-26)24-22-20-18-16-14-12-10-8-5-2/h25H,4-24H2,1-3H3. The lowest BCUT2D eigenvalue weighted by Gasteiger charge is -2.08. The van der Waals surface area contributed by atoms with Gasteiger partial charge in [-0.25, -0.2) is 9.97 Å². The summed E-state index contributed by atoms with van der Waals surface area (Å²) in [7, 11) is 0. The lowest BCUT2D eigenvalue weighted by atomic mass is 10.0.